The van der Waals surface area contributed by atoms with E-state index in [2.05, 4.69) is 6.26 Å². The molecule has 0 radical (unpaired) electrons. The van der Waals surface area contributed by atoms with Crippen molar-refractivity contribution in [2.75, 3.05) is 18.6 Å². The summed E-state index contributed by atoms with van der Waals surface area (Å²) in [6.07, 6.45) is 2.65. The Morgan fingerprint density at radius 3 is 2.81 bits per heavy atom. The van der Waals surface area contributed by atoms with Gasteiger partial charge >= 0.3 is 0 Å². The molecule has 1 atom stereocenters. The topological polar surface area (TPSA) is 29.5 Å². The minimum atomic E-state index is -0.476. The van der Waals surface area contributed by atoms with E-state index in [4.69, 9.17) is 4.74 Å². The van der Waals surface area contributed by atoms with E-state index in [9.17, 15) is 5.11 Å². The van der Waals surface area contributed by atoms with Gasteiger partial charge in [0.2, 0.25) is 0 Å². The van der Waals surface area contributed by atoms with Crippen molar-refractivity contribution in [2.45, 2.75) is 26.4 Å². The van der Waals surface area contributed by atoms with Crippen LogP contribution in [0.25, 0.3) is 0 Å². The second-order valence-corrected chi connectivity index (χ2v) is 4.90. The smallest absolute Gasteiger partial charge is 0.125 e. The highest BCUT2D eigenvalue weighted by atomic mass is 32.2. The van der Waals surface area contributed by atoms with Crippen molar-refractivity contribution in [3.63, 3.8) is 0 Å². The molecular formula is C13H20O2S. The number of hydrogen-bond acceptors (Lipinski definition) is 3. The molecule has 0 bridgehead atoms. The number of ether oxygens (including phenoxy) is 1. The van der Waals surface area contributed by atoms with Crippen LogP contribution in [0.1, 0.15) is 30.6 Å². The molecule has 16 heavy (non-hydrogen) atoms. The lowest BCUT2D eigenvalue weighted by Gasteiger charge is -2.14. The standard InChI is InChI=1S/C13H20O2S/c1-10-5-6-13(12(9-10)11(2)14)15-7-4-8-16-3/h5-6,9,11,14H,4,7-8H2,1-3H3/t11-/m0/s1. The molecule has 0 unspecified atom stereocenters. The maximum Gasteiger partial charge on any atom is 0.125 e. The molecule has 90 valence electrons. The van der Waals surface area contributed by atoms with Crippen molar-refractivity contribution in [1.82, 2.24) is 0 Å². The zero-order chi connectivity index (χ0) is 12.0. The molecule has 1 N–H and O–H groups in total. The molecule has 0 aromatic heterocycles. The van der Waals surface area contributed by atoms with Gasteiger partial charge < -0.3 is 9.84 Å². The third kappa shape index (κ3) is 4.06. The number of thioether (sulfide) groups is 1. The second kappa shape index (κ2) is 6.81. The van der Waals surface area contributed by atoms with E-state index < -0.39 is 6.10 Å². The van der Waals surface area contributed by atoms with Gasteiger partial charge in [0.25, 0.3) is 0 Å². The van der Waals surface area contributed by atoms with Crippen LogP contribution in [0, 0.1) is 6.92 Å². The number of hydrogen-bond donors (Lipinski definition) is 1. The molecule has 0 saturated carbocycles. The van der Waals surface area contributed by atoms with Gasteiger partial charge in [-0.2, -0.15) is 11.8 Å². The van der Waals surface area contributed by atoms with Gasteiger partial charge in [0.1, 0.15) is 5.75 Å². The van der Waals surface area contributed by atoms with Crippen LogP contribution in [-0.4, -0.2) is 23.7 Å². The van der Waals surface area contributed by atoms with Gasteiger partial charge in [0.05, 0.1) is 12.7 Å². The summed E-state index contributed by atoms with van der Waals surface area (Å²) >= 11 is 1.82. The molecule has 3 heteroatoms. The fraction of sp³-hybridized carbons (Fsp3) is 0.538. The number of aliphatic hydroxyl groups is 1. The molecule has 2 nitrogen and oxygen atoms in total. The number of rotatable bonds is 6. The quantitative estimate of drug-likeness (QED) is 0.774. The van der Waals surface area contributed by atoms with Gasteiger partial charge in [-0.25, -0.2) is 0 Å². The van der Waals surface area contributed by atoms with Gasteiger partial charge in [-0.1, -0.05) is 11.6 Å². The van der Waals surface area contributed by atoms with Crippen LogP contribution < -0.4 is 4.74 Å². The second-order valence-electron chi connectivity index (χ2n) is 3.91. The molecule has 0 saturated heterocycles. The maximum atomic E-state index is 9.65. The van der Waals surface area contributed by atoms with Crippen LogP contribution in [0.5, 0.6) is 5.75 Å². The number of aryl methyl sites for hydroxylation is 1. The molecule has 1 aromatic rings. The first-order valence-electron chi connectivity index (χ1n) is 5.55. The summed E-state index contributed by atoms with van der Waals surface area (Å²) in [7, 11) is 0. The monoisotopic (exact) mass is 240 g/mol. The van der Waals surface area contributed by atoms with E-state index in [-0.39, 0.29) is 0 Å². The fourth-order valence-electron chi connectivity index (χ4n) is 1.51. The lowest BCUT2D eigenvalue weighted by molar-refractivity contribution is 0.191. The Balaban J connectivity index is 2.64. The van der Waals surface area contributed by atoms with Crippen LogP contribution in [0.4, 0.5) is 0 Å². The Morgan fingerprint density at radius 1 is 1.44 bits per heavy atom. The van der Waals surface area contributed by atoms with E-state index in [1.165, 1.54) is 0 Å². The molecule has 0 aliphatic heterocycles. The van der Waals surface area contributed by atoms with E-state index in [1.807, 2.05) is 36.9 Å². The first kappa shape index (κ1) is 13.4. The molecule has 1 rings (SSSR count). The Labute approximate surface area is 102 Å². The average Bonchev–Trinajstić information content (AvgIpc) is 2.26. The highest BCUT2D eigenvalue weighted by Crippen LogP contribution is 2.26. The summed E-state index contributed by atoms with van der Waals surface area (Å²) in [5, 5.41) is 9.65. The molecule has 1 aromatic carbocycles. The minimum absolute atomic E-state index is 0.476. The molecular weight excluding hydrogens is 220 g/mol. The van der Waals surface area contributed by atoms with Gasteiger partial charge in [-0.3, -0.25) is 0 Å². The number of aliphatic hydroxyl groups excluding tert-OH is 1. The van der Waals surface area contributed by atoms with Crippen molar-refractivity contribution in [2.24, 2.45) is 0 Å². The van der Waals surface area contributed by atoms with Crippen molar-refractivity contribution in [1.29, 1.82) is 0 Å². The lowest BCUT2D eigenvalue weighted by Crippen LogP contribution is -2.03. The molecule has 0 spiro atoms. The zero-order valence-corrected chi connectivity index (χ0v) is 11.0. The molecule has 0 aliphatic rings. The third-order valence-corrected chi connectivity index (χ3v) is 3.06. The summed E-state index contributed by atoms with van der Waals surface area (Å²) < 4.78 is 5.68. The predicted molar refractivity (Wildman–Crippen MR) is 70.3 cm³/mol. The first-order chi connectivity index (χ1) is 7.65. The fourth-order valence-corrected chi connectivity index (χ4v) is 1.92. The van der Waals surface area contributed by atoms with Crippen LogP contribution in [0.3, 0.4) is 0 Å². The van der Waals surface area contributed by atoms with E-state index >= 15 is 0 Å². The summed E-state index contributed by atoms with van der Waals surface area (Å²) in [6.45, 7) is 4.50. The summed E-state index contributed by atoms with van der Waals surface area (Å²) in [5.74, 6) is 1.91. The Kier molecular flexibility index (Phi) is 5.71. The van der Waals surface area contributed by atoms with Crippen LogP contribution in [0.15, 0.2) is 18.2 Å². The normalized spacial score (nSPS) is 12.5. The SMILES string of the molecule is CSCCCOc1ccc(C)cc1[C@H](C)O. The van der Waals surface area contributed by atoms with E-state index in [0.29, 0.717) is 6.61 Å². The molecule has 0 fully saturated rings. The Bertz CT molecular complexity index is 324. The van der Waals surface area contributed by atoms with Crippen molar-refractivity contribution in [3.8, 4) is 5.75 Å². The number of benzene rings is 1. The van der Waals surface area contributed by atoms with Gasteiger partial charge in [0, 0.05) is 5.56 Å². The van der Waals surface area contributed by atoms with Crippen molar-refractivity contribution < 1.29 is 9.84 Å². The van der Waals surface area contributed by atoms with Crippen LogP contribution in [-0.2, 0) is 0 Å². The summed E-state index contributed by atoms with van der Waals surface area (Å²) in [6, 6.07) is 5.93. The van der Waals surface area contributed by atoms with Crippen molar-refractivity contribution in [3.05, 3.63) is 29.3 Å². The molecule has 0 heterocycles. The largest absolute Gasteiger partial charge is 0.493 e. The predicted octanol–water partition coefficient (Wildman–Crippen LogP) is 3.18. The van der Waals surface area contributed by atoms with E-state index in [0.717, 1.165) is 29.1 Å². The Hall–Kier alpha value is -0.670. The Morgan fingerprint density at radius 2 is 2.19 bits per heavy atom. The maximum absolute atomic E-state index is 9.65. The highest BCUT2D eigenvalue weighted by molar-refractivity contribution is 7.98. The summed E-state index contributed by atoms with van der Waals surface area (Å²) in [4.78, 5) is 0. The van der Waals surface area contributed by atoms with Gasteiger partial charge in [-0.05, 0) is 44.4 Å². The average molecular weight is 240 g/mol. The van der Waals surface area contributed by atoms with Crippen LogP contribution >= 0.6 is 11.8 Å². The van der Waals surface area contributed by atoms with Gasteiger partial charge in [0.15, 0.2) is 0 Å². The van der Waals surface area contributed by atoms with E-state index in [1.54, 1.807) is 6.92 Å². The van der Waals surface area contributed by atoms with Gasteiger partial charge in [-0.15, -0.1) is 0 Å². The van der Waals surface area contributed by atoms with Crippen LogP contribution in [0.2, 0.25) is 0 Å². The van der Waals surface area contributed by atoms with Crippen molar-refractivity contribution >= 4 is 11.8 Å². The third-order valence-electron chi connectivity index (χ3n) is 2.37. The molecule has 0 aliphatic carbocycles. The first-order valence-corrected chi connectivity index (χ1v) is 6.95. The minimum Gasteiger partial charge on any atom is -0.493 e. The molecule has 0 amide bonds. The zero-order valence-electron chi connectivity index (χ0n) is 10.2. The highest BCUT2D eigenvalue weighted by Gasteiger charge is 2.09. The lowest BCUT2D eigenvalue weighted by atomic mass is 10.1. The summed E-state index contributed by atoms with van der Waals surface area (Å²) in [5.41, 5.74) is 2.02.